The van der Waals surface area contributed by atoms with E-state index in [9.17, 15) is 10.2 Å². The topological polar surface area (TPSA) is 68.2 Å². The van der Waals surface area contributed by atoms with Crippen LogP contribution >= 0.6 is 0 Å². The predicted molar refractivity (Wildman–Crippen MR) is 41.8 cm³/mol. The summed E-state index contributed by atoms with van der Waals surface area (Å²) in [6.07, 6.45) is -2.99. The fourth-order valence-corrected chi connectivity index (χ4v) is 1.64. The zero-order valence-corrected chi connectivity index (χ0v) is 7.64. The number of fused-ring (bicyclic) bond motifs is 1. The van der Waals surface area contributed by atoms with Crippen LogP contribution in [0.2, 0.25) is 0 Å². The largest absolute Gasteiger partial charge is 0.385 e. The number of hydrogen-bond donors (Lipinski definition) is 2. The minimum absolute atomic E-state index is 0.339. The molecule has 0 aromatic carbocycles. The number of aliphatic hydroxyl groups excluding tert-OH is 2. The van der Waals surface area contributed by atoms with Gasteiger partial charge in [0.05, 0.1) is 6.61 Å². The van der Waals surface area contributed by atoms with Gasteiger partial charge in [-0.05, 0) is 13.8 Å². The number of aliphatic hydroxyl groups is 2. The smallest absolute Gasteiger partial charge is 0.184 e. The van der Waals surface area contributed by atoms with Crippen LogP contribution < -0.4 is 0 Å². The maximum absolute atomic E-state index is 9.47. The van der Waals surface area contributed by atoms with Gasteiger partial charge in [0.15, 0.2) is 12.1 Å². The molecule has 5 nitrogen and oxygen atoms in total. The van der Waals surface area contributed by atoms with Crippen LogP contribution in [0.15, 0.2) is 0 Å². The highest BCUT2D eigenvalue weighted by atomic mass is 16.8. The molecular weight excluding hydrogens is 176 g/mol. The van der Waals surface area contributed by atoms with Gasteiger partial charge in [-0.3, -0.25) is 0 Å². The van der Waals surface area contributed by atoms with Crippen LogP contribution in [0.25, 0.3) is 0 Å². The molecule has 2 rings (SSSR count). The first kappa shape index (κ1) is 9.36. The molecule has 4 atom stereocenters. The highest BCUT2D eigenvalue weighted by molar-refractivity contribution is 4.90. The summed E-state index contributed by atoms with van der Waals surface area (Å²) in [4.78, 5) is 0. The third-order valence-corrected chi connectivity index (χ3v) is 2.32. The van der Waals surface area contributed by atoms with E-state index >= 15 is 0 Å². The van der Waals surface area contributed by atoms with Gasteiger partial charge in [0, 0.05) is 0 Å². The molecule has 2 fully saturated rings. The van der Waals surface area contributed by atoms with Crippen molar-refractivity contribution in [1.29, 1.82) is 0 Å². The van der Waals surface area contributed by atoms with Crippen molar-refractivity contribution in [2.75, 3.05) is 6.61 Å². The van der Waals surface area contributed by atoms with Crippen molar-refractivity contribution in [1.82, 2.24) is 0 Å². The van der Waals surface area contributed by atoms with Gasteiger partial charge in [0.2, 0.25) is 0 Å². The van der Waals surface area contributed by atoms with Crippen LogP contribution in [0.4, 0.5) is 0 Å². The quantitative estimate of drug-likeness (QED) is 0.524. The molecule has 2 aliphatic heterocycles. The number of rotatable bonds is 0. The van der Waals surface area contributed by atoms with E-state index in [0.29, 0.717) is 6.61 Å². The first-order valence-electron chi connectivity index (χ1n) is 4.33. The Morgan fingerprint density at radius 1 is 1.31 bits per heavy atom. The molecule has 2 saturated heterocycles. The molecule has 0 saturated carbocycles. The van der Waals surface area contributed by atoms with Crippen molar-refractivity contribution in [2.45, 2.75) is 44.2 Å². The lowest BCUT2D eigenvalue weighted by atomic mass is 10.1. The lowest BCUT2D eigenvalue weighted by Crippen LogP contribution is -2.50. The van der Waals surface area contributed by atoms with Crippen LogP contribution in [0.5, 0.6) is 0 Å². The minimum atomic E-state index is -1.16. The Morgan fingerprint density at radius 2 is 2.00 bits per heavy atom. The lowest BCUT2D eigenvalue weighted by Gasteiger charge is -2.37. The monoisotopic (exact) mass is 190 g/mol. The first-order chi connectivity index (χ1) is 5.99. The van der Waals surface area contributed by atoms with Crippen LogP contribution in [-0.2, 0) is 14.2 Å². The normalized spacial score (nSPS) is 48.9. The lowest BCUT2D eigenvalue weighted by molar-refractivity contribution is -0.300. The van der Waals surface area contributed by atoms with E-state index in [0.717, 1.165) is 0 Å². The summed E-state index contributed by atoms with van der Waals surface area (Å²) in [7, 11) is 0. The van der Waals surface area contributed by atoms with Crippen molar-refractivity contribution >= 4 is 0 Å². The van der Waals surface area contributed by atoms with E-state index in [4.69, 9.17) is 14.2 Å². The van der Waals surface area contributed by atoms with Gasteiger partial charge in [0.1, 0.15) is 18.3 Å². The Morgan fingerprint density at radius 3 is 2.69 bits per heavy atom. The van der Waals surface area contributed by atoms with Gasteiger partial charge < -0.3 is 24.4 Å². The van der Waals surface area contributed by atoms with Gasteiger partial charge in [0.25, 0.3) is 0 Å². The third-order valence-electron chi connectivity index (χ3n) is 2.32. The van der Waals surface area contributed by atoms with E-state index < -0.39 is 24.3 Å². The summed E-state index contributed by atoms with van der Waals surface area (Å²) in [6, 6.07) is 0. The Hall–Kier alpha value is -0.200. The molecule has 0 aromatic heterocycles. The van der Waals surface area contributed by atoms with Crippen LogP contribution in [0, 0.1) is 0 Å². The van der Waals surface area contributed by atoms with Crippen molar-refractivity contribution < 1.29 is 24.4 Å². The second-order valence-corrected chi connectivity index (χ2v) is 3.85. The summed E-state index contributed by atoms with van der Waals surface area (Å²) in [5.74, 6) is -0.713. The molecule has 0 radical (unpaired) electrons. The Bertz CT molecular complexity index is 205. The van der Waals surface area contributed by atoms with Gasteiger partial charge >= 0.3 is 0 Å². The molecule has 0 bridgehead atoms. The highest BCUT2D eigenvalue weighted by Crippen LogP contribution is 2.32. The van der Waals surface area contributed by atoms with Crippen molar-refractivity contribution in [3.8, 4) is 0 Å². The fraction of sp³-hybridized carbons (Fsp3) is 1.00. The van der Waals surface area contributed by atoms with E-state index in [1.807, 2.05) is 0 Å². The van der Waals surface area contributed by atoms with Gasteiger partial charge in [-0.15, -0.1) is 0 Å². The second-order valence-electron chi connectivity index (χ2n) is 3.85. The molecule has 0 aliphatic carbocycles. The maximum Gasteiger partial charge on any atom is 0.184 e. The van der Waals surface area contributed by atoms with Crippen LogP contribution in [-0.4, -0.2) is 47.2 Å². The SMILES string of the molecule is CC1(C)OC[C@H]2OC(O)[C@H](O)[C@@H]2O1. The Balaban J connectivity index is 2.09. The molecule has 76 valence electrons. The maximum atomic E-state index is 9.47. The van der Waals surface area contributed by atoms with E-state index in [1.165, 1.54) is 0 Å². The van der Waals surface area contributed by atoms with Crippen LogP contribution in [0.3, 0.4) is 0 Å². The molecule has 0 aromatic rings. The molecule has 0 amide bonds. The molecule has 2 aliphatic rings. The molecule has 0 spiro atoms. The van der Waals surface area contributed by atoms with Crippen molar-refractivity contribution in [2.24, 2.45) is 0 Å². The highest BCUT2D eigenvalue weighted by Gasteiger charge is 2.49. The summed E-state index contributed by atoms with van der Waals surface area (Å²) >= 11 is 0. The molecular formula is C8H14O5. The first-order valence-corrected chi connectivity index (χ1v) is 4.33. The average Bonchev–Trinajstić information content (AvgIpc) is 2.29. The zero-order chi connectivity index (χ0) is 9.64. The van der Waals surface area contributed by atoms with E-state index in [2.05, 4.69) is 0 Å². The van der Waals surface area contributed by atoms with E-state index in [1.54, 1.807) is 13.8 Å². The van der Waals surface area contributed by atoms with Gasteiger partial charge in [-0.25, -0.2) is 0 Å². The molecule has 5 heteroatoms. The molecule has 2 heterocycles. The third kappa shape index (κ3) is 1.58. The summed E-state index contributed by atoms with van der Waals surface area (Å²) in [6.45, 7) is 3.87. The summed E-state index contributed by atoms with van der Waals surface area (Å²) in [5.41, 5.74) is 0. The molecule has 13 heavy (non-hydrogen) atoms. The standard InChI is InChI=1S/C8H14O5/c1-8(2)11-3-4-6(13-8)5(9)7(10)12-4/h4-7,9-10H,3H2,1-2H3/t4-,5-,6-,7?/m1/s1. The summed E-state index contributed by atoms with van der Waals surface area (Å²) in [5, 5.41) is 18.7. The average molecular weight is 190 g/mol. The van der Waals surface area contributed by atoms with Gasteiger partial charge in [-0.2, -0.15) is 0 Å². The Kier molecular flexibility index (Phi) is 2.08. The zero-order valence-electron chi connectivity index (χ0n) is 7.64. The van der Waals surface area contributed by atoms with Crippen LogP contribution in [0.1, 0.15) is 13.8 Å². The number of hydrogen-bond acceptors (Lipinski definition) is 5. The summed E-state index contributed by atoms with van der Waals surface area (Å²) < 4.78 is 15.8. The minimum Gasteiger partial charge on any atom is -0.385 e. The number of ether oxygens (including phenoxy) is 3. The second kappa shape index (κ2) is 2.90. The van der Waals surface area contributed by atoms with Crippen molar-refractivity contribution in [3.05, 3.63) is 0 Å². The molecule has 2 N–H and O–H groups in total. The van der Waals surface area contributed by atoms with Gasteiger partial charge in [-0.1, -0.05) is 0 Å². The van der Waals surface area contributed by atoms with Crippen molar-refractivity contribution in [3.63, 3.8) is 0 Å². The fourth-order valence-electron chi connectivity index (χ4n) is 1.64. The Labute approximate surface area is 76.2 Å². The molecule has 1 unspecified atom stereocenters. The van der Waals surface area contributed by atoms with E-state index in [-0.39, 0.29) is 6.10 Å². The predicted octanol–water partition coefficient (Wildman–Crippen LogP) is -0.784.